The van der Waals surface area contributed by atoms with E-state index < -0.39 is 0 Å². The summed E-state index contributed by atoms with van der Waals surface area (Å²) in [5, 5.41) is 16.4. The summed E-state index contributed by atoms with van der Waals surface area (Å²) in [6.07, 6.45) is 0. The van der Waals surface area contributed by atoms with Crippen LogP contribution in [0.4, 0.5) is 0 Å². The number of benzene rings is 1. The molecule has 16 heavy (non-hydrogen) atoms. The first-order chi connectivity index (χ1) is 7.36. The van der Waals surface area contributed by atoms with Crippen LogP contribution in [0, 0.1) is 0 Å². The van der Waals surface area contributed by atoms with Crippen LogP contribution in [0.15, 0.2) is 28.8 Å². The molecule has 0 fully saturated rings. The maximum absolute atomic E-state index is 9.64. The van der Waals surface area contributed by atoms with Crippen molar-refractivity contribution in [2.45, 2.75) is 13.1 Å². The summed E-state index contributed by atoms with van der Waals surface area (Å²) in [4.78, 5) is 0. The van der Waals surface area contributed by atoms with Gasteiger partial charge in [0.1, 0.15) is 0 Å². The summed E-state index contributed by atoms with van der Waals surface area (Å²) in [5.41, 5.74) is 2.86. The van der Waals surface area contributed by atoms with Crippen molar-refractivity contribution in [1.29, 1.82) is 0 Å². The number of hydrogen-bond donors (Lipinski definition) is 2. The molecule has 1 aromatic carbocycles. The van der Waals surface area contributed by atoms with Crippen molar-refractivity contribution in [2.75, 3.05) is 0 Å². The van der Waals surface area contributed by atoms with Crippen LogP contribution in [-0.4, -0.2) is 10.3 Å². The van der Waals surface area contributed by atoms with Gasteiger partial charge in [-0.05, 0) is 16.3 Å². The van der Waals surface area contributed by atoms with E-state index in [0.29, 0.717) is 12.3 Å². The number of aromatic hydroxyl groups is 1. The van der Waals surface area contributed by atoms with Gasteiger partial charge in [0.2, 0.25) is 0 Å². The third-order valence-corrected chi connectivity index (χ3v) is 2.63. The quantitative estimate of drug-likeness (QED) is 0.778. The second-order valence-electron chi connectivity index (χ2n) is 3.57. The smallest absolute Gasteiger partial charge is 0.259 e. The molecule has 0 atom stereocenters. The minimum Gasteiger partial charge on any atom is -0.491 e. The molecule has 0 amide bonds. The van der Waals surface area contributed by atoms with Crippen molar-refractivity contribution in [3.05, 3.63) is 35.6 Å². The van der Waals surface area contributed by atoms with E-state index in [9.17, 15) is 5.11 Å². The zero-order valence-electron chi connectivity index (χ0n) is 8.43. The lowest BCUT2D eigenvalue weighted by molar-refractivity contribution is 0.336. The third-order valence-electron chi connectivity index (χ3n) is 2.63. The second-order valence-corrected chi connectivity index (χ2v) is 3.57. The molecule has 0 bridgehead atoms. The summed E-state index contributed by atoms with van der Waals surface area (Å²) in [5.74, 6) is 0.665. The summed E-state index contributed by atoms with van der Waals surface area (Å²) in [6.45, 7) is 1.37. The summed E-state index contributed by atoms with van der Waals surface area (Å²) in [6, 6.07) is 7.93. The average molecular weight is 283 g/mol. The molecule has 3 rings (SSSR count). The van der Waals surface area contributed by atoms with Gasteiger partial charge in [-0.2, -0.15) is 0 Å². The molecule has 2 N–H and O–H groups in total. The zero-order valence-corrected chi connectivity index (χ0v) is 10.1. The summed E-state index contributed by atoms with van der Waals surface area (Å²) in [7, 11) is 0. The number of aromatic nitrogens is 1. The fourth-order valence-corrected chi connectivity index (χ4v) is 1.93. The highest BCUT2D eigenvalue weighted by Gasteiger charge is 2.21. The van der Waals surface area contributed by atoms with Crippen LogP contribution < -0.4 is 5.32 Å². The van der Waals surface area contributed by atoms with Gasteiger partial charge in [0, 0.05) is 6.54 Å². The highest BCUT2D eigenvalue weighted by molar-refractivity contribution is 8.93. The SMILES string of the molecule is Br.Oc1noc2c1-c1ccccc1CNC2. The number of rotatable bonds is 0. The van der Waals surface area contributed by atoms with E-state index in [4.69, 9.17) is 4.52 Å². The molecule has 1 aliphatic heterocycles. The second kappa shape index (κ2) is 4.27. The zero-order chi connectivity index (χ0) is 10.3. The van der Waals surface area contributed by atoms with Crippen molar-refractivity contribution < 1.29 is 9.63 Å². The van der Waals surface area contributed by atoms with Crippen LogP contribution in [0.25, 0.3) is 11.1 Å². The van der Waals surface area contributed by atoms with Gasteiger partial charge in [-0.15, -0.1) is 17.0 Å². The minimum atomic E-state index is -0.0267. The molecular weight excluding hydrogens is 272 g/mol. The molecule has 4 nitrogen and oxygen atoms in total. The molecule has 1 aliphatic rings. The third kappa shape index (κ3) is 1.62. The first-order valence-electron chi connectivity index (χ1n) is 4.83. The van der Waals surface area contributed by atoms with E-state index in [0.717, 1.165) is 23.2 Å². The average Bonchev–Trinajstić information content (AvgIpc) is 2.52. The number of nitrogens with one attached hydrogen (secondary N) is 1. The molecule has 2 heterocycles. The predicted molar refractivity (Wildman–Crippen MR) is 64.5 cm³/mol. The first kappa shape index (κ1) is 11.2. The van der Waals surface area contributed by atoms with E-state index in [1.165, 1.54) is 0 Å². The molecule has 84 valence electrons. The van der Waals surface area contributed by atoms with Gasteiger partial charge in [0.25, 0.3) is 5.88 Å². The van der Waals surface area contributed by atoms with Crippen molar-refractivity contribution in [3.63, 3.8) is 0 Å². The number of hydrogen-bond acceptors (Lipinski definition) is 4. The van der Waals surface area contributed by atoms with Crippen LogP contribution in [0.2, 0.25) is 0 Å². The van der Waals surface area contributed by atoms with Crippen LogP contribution in [0.5, 0.6) is 5.88 Å². The van der Waals surface area contributed by atoms with Crippen molar-refractivity contribution in [1.82, 2.24) is 10.5 Å². The molecule has 0 unspecified atom stereocenters. The van der Waals surface area contributed by atoms with Gasteiger partial charge in [0.15, 0.2) is 5.76 Å². The molecule has 0 aliphatic carbocycles. The molecule has 0 saturated carbocycles. The van der Waals surface area contributed by atoms with Gasteiger partial charge >= 0.3 is 0 Å². The Labute approximate surface area is 103 Å². The van der Waals surface area contributed by atoms with E-state index in [2.05, 4.69) is 10.5 Å². The largest absolute Gasteiger partial charge is 0.491 e. The topological polar surface area (TPSA) is 58.3 Å². The maximum Gasteiger partial charge on any atom is 0.259 e. The Balaban J connectivity index is 0.000000963. The summed E-state index contributed by atoms with van der Waals surface area (Å²) >= 11 is 0. The first-order valence-corrected chi connectivity index (χ1v) is 4.83. The highest BCUT2D eigenvalue weighted by atomic mass is 79.9. The number of fused-ring (bicyclic) bond motifs is 3. The van der Waals surface area contributed by atoms with Crippen LogP contribution in [0.1, 0.15) is 11.3 Å². The minimum absolute atomic E-state index is 0. The van der Waals surface area contributed by atoms with Crippen molar-refractivity contribution in [2.24, 2.45) is 0 Å². The van der Waals surface area contributed by atoms with Gasteiger partial charge in [-0.3, -0.25) is 0 Å². The van der Waals surface area contributed by atoms with Crippen LogP contribution >= 0.6 is 17.0 Å². The highest BCUT2D eigenvalue weighted by Crippen LogP contribution is 2.35. The molecule has 5 heteroatoms. The standard InChI is InChI=1S/C11H10N2O2.BrH/c14-11-10-8-4-2-1-3-7(8)5-12-6-9(10)15-13-11;/h1-4,12H,5-6H2,(H,13,14);1H. The van der Waals surface area contributed by atoms with Gasteiger partial charge in [0.05, 0.1) is 12.1 Å². The Morgan fingerprint density at radius 1 is 1.25 bits per heavy atom. The van der Waals surface area contributed by atoms with Gasteiger partial charge in [-0.1, -0.05) is 24.3 Å². The van der Waals surface area contributed by atoms with E-state index in [-0.39, 0.29) is 22.9 Å². The lowest BCUT2D eigenvalue weighted by Crippen LogP contribution is -2.10. The number of halogens is 1. The van der Waals surface area contributed by atoms with E-state index >= 15 is 0 Å². The number of nitrogens with zero attached hydrogens (tertiary/aromatic N) is 1. The lowest BCUT2D eigenvalue weighted by atomic mass is 10.0. The van der Waals surface area contributed by atoms with E-state index in [1.54, 1.807) is 0 Å². The Hall–Kier alpha value is -1.33. The van der Waals surface area contributed by atoms with E-state index in [1.807, 2.05) is 24.3 Å². The van der Waals surface area contributed by atoms with Gasteiger partial charge in [-0.25, -0.2) is 0 Å². The molecule has 0 radical (unpaired) electrons. The molecule has 0 saturated heterocycles. The van der Waals surface area contributed by atoms with Gasteiger partial charge < -0.3 is 14.9 Å². The maximum atomic E-state index is 9.64. The van der Waals surface area contributed by atoms with Crippen molar-refractivity contribution in [3.8, 4) is 17.0 Å². The lowest BCUT2D eigenvalue weighted by Gasteiger charge is -2.03. The Morgan fingerprint density at radius 2 is 2.06 bits per heavy atom. The molecule has 0 spiro atoms. The van der Waals surface area contributed by atoms with Crippen molar-refractivity contribution >= 4 is 17.0 Å². The molecule has 2 aromatic rings. The molecule has 1 aromatic heterocycles. The summed E-state index contributed by atoms with van der Waals surface area (Å²) < 4.78 is 5.06. The van der Waals surface area contributed by atoms with Crippen LogP contribution in [0.3, 0.4) is 0 Å². The fourth-order valence-electron chi connectivity index (χ4n) is 1.93. The predicted octanol–water partition coefficient (Wildman–Crippen LogP) is 2.23. The normalized spacial score (nSPS) is 13.2. The molecular formula is C11H11BrN2O2. The Kier molecular flexibility index (Phi) is 2.98. The Bertz CT molecular complexity index is 510. The fraction of sp³-hybridized carbons (Fsp3) is 0.182. The van der Waals surface area contributed by atoms with Crippen LogP contribution in [-0.2, 0) is 13.1 Å². The Morgan fingerprint density at radius 3 is 2.94 bits per heavy atom. The monoisotopic (exact) mass is 282 g/mol.